The van der Waals surface area contributed by atoms with Gasteiger partial charge in [-0.15, -0.1) is 11.3 Å². The average molecular weight is 745 g/mol. The molecule has 2 heterocycles. The molecule has 0 amide bonds. The van der Waals surface area contributed by atoms with Crippen molar-refractivity contribution in [1.82, 2.24) is 4.57 Å². The number of hydrogen-bond acceptors (Lipinski definition) is 2. The number of para-hydroxylation sites is 4. The van der Waals surface area contributed by atoms with Gasteiger partial charge in [-0.05, 0) is 71.3 Å². The van der Waals surface area contributed by atoms with Crippen LogP contribution in [0.5, 0.6) is 0 Å². The molecule has 2 nitrogen and oxygen atoms in total. The number of fused-ring (bicyclic) bond motifs is 6. The highest BCUT2D eigenvalue weighted by molar-refractivity contribution is 7.25. The van der Waals surface area contributed by atoms with Crippen molar-refractivity contribution in [2.24, 2.45) is 0 Å². The van der Waals surface area contributed by atoms with Crippen molar-refractivity contribution in [1.29, 1.82) is 0 Å². The summed E-state index contributed by atoms with van der Waals surface area (Å²) >= 11 is 1.86. The molecule has 0 saturated carbocycles. The highest BCUT2D eigenvalue weighted by atomic mass is 32.1. The van der Waals surface area contributed by atoms with Crippen molar-refractivity contribution in [3.05, 3.63) is 218 Å². The molecule has 0 aliphatic heterocycles. The van der Waals surface area contributed by atoms with Crippen LogP contribution >= 0.6 is 11.3 Å². The van der Waals surface area contributed by atoms with Gasteiger partial charge >= 0.3 is 0 Å². The van der Waals surface area contributed by atoms with Crippen molar-refractivity contribution in [2.75, 3.05) is 4.90 Å². The summed E-state index contributed by atoms with van der Waals surface area (Å²) < 4.78 is 5.07. The molecule has 0 saturated heterocycles. The third kappa shape index (κ3) is 5.55. The molecular weight excluding hydrogens is 709 g/mol. The molecule has 11 rings (SSSR count). The summed E-state index contributed by atoms with van der Waals surface area (Å²) in [5, 5.41) is 5.00. The van der Waals surface area contributed by atoms with E-state index in [1.54, 1.807) is 0 Å². The van der Waals surface area contributed by atoms with Crippen LogP contribution in [0.25, 0.3) is 81.0 Å². The third-order valence-electron chi connectivity index (χ3n) is 11.2. The van der Waals surface area contributed by atoms with Gasteiger partial charge in [0.1, 0.15) is 0 Å². The predicted molar refractivity (Wildman–Crippen MR) is 245 cm³/mol. The van der Waals surface area contributed by atoms with Crippen LogP contribution in [-0.4, -0.2) is 4.57 Å². The summed E-state index contributed by atoms with van der Waals surface area (Å²) in [6.07, 6.45) is 0. The lowest BCUT2D eigenvalue weighted by Gasteiger charge is -2.31. The quantitative estimate of drug-likeness (QED) is 0.158. The topological polar surface area (TPSA) is 8.17 Å². The maximum absolute atomic E-state index is 2.51. The highest BCUT2D eigenvalue weighted by Crippen LogP contribution is 2.51. The Labute approximate surface area is 335 Å². The normalized spacial score (nSPS) is 11.5. The molecule has 0 aliphatic carbocycles. The fourth-order valence-corrected chi connectivity index (χ4v) is 9.79. The smallest absolute Gasteiger partial charge is 0.0618 e. The SMILES string of the molecule is c1ccc(-c2ccccc2-n2c3ccccc3c3c(N(c4ccccc4)c4c(-c5ccccc5)cccc4-c4ccc5sc6ccccc6c5c4)cccc32)cc1. The molecule has 0 fully saturated rings. The molecule has 0 bridgehead atoms. The van der Waals surface area contributed by atoms with Crippen LogP contribution in [0.15, 0.2) is 218 Å². The highest BCUT2D eigenvalue weighted by Gasteiger charge is 2.26. The van der Waals surface area contributed by atoms with Gasteiger partial charge in [0.2, 0.25) is 0 Å². The van der Waals surface area contributed by atoms with Crippen molar-refractivity contribution in [3.63, 3.8) is 0 Å². The second-order valence-electron chi connectivity index (χ2n) is 14.5. The molecular formula is C54H36N2S. The van der Waals surface area contributed by atoms with Gasteiger partial charge in [0.15, 0.2) is 0 Å². The lowest BCUT2D eigenvalue weighted by atomic mass is 9.93. The van der Waals surface area contributed by atoms with E-state index in [2.05, 4.69) is 228 Å². The van der Waals surface area contributed by atoms with E-state index >= 15 is 0 Å². The first-order valence-electron chi connectivity index (χ1n) is 19.4. The number of aromatic nitrogens is 1. The van der Waals surface area contributed by atoms with Crippen LogP contribution in [0, 0.1) is 0 Å². The Morgan fingerprint density at radius 2 is 0.930 bits per heavy atom. The minimum Gasteiger partial charge on any atom is -0.309 e. The van der Waals surface area contributed by atoms with Gasteiger partial charge in [-0.3, -0.25) is 0 Å². The first-order valence-corrected chi connectivity index (χ1v) is 20.3. The van der Waals surface area contributed by atoms with Crippen LogP contribution in [-0.2, 0) is 0 Å². The third-order valence-corrected chi connectivity index (χ3v) is 12.3. The van der Waals surface area contributed by atoms with Crippen LogP contribution in [0.4, 0.5) is 17.1 Å². The minimum absolute atomic E-state index is 1.10. The van der Waals surface area contributed by atoms with E-state index in [1.807, 2.05) is 11.3 Å². The van der Waals surface area contributed by atoms with Gasteiger partial charge in [0.25, 0.3) is 0 Å². The number of benzene rings is 9. The summed E-state index contributed by atoms with van der Waals surface area (Å²) in [5.74, 6) is 0. The predicted octanol–water partition coefficient (Wildman–Crippen LogP) is 15.6. The Kier molecular flexibility index (Phi) is 8.04. The summed E-state index contributed by atoms with van der Waals surface area (Å²) in [6, 6.07) is 79.5. The van der Waals surface area contributed by atoms with Crippen molar-refractivity contribution < 1.29 is 0 Å². The Morgan fingerprint density at radius 1 is 0.368 bits per heavy atom. The van der Waals surface area contributed by atoms with Crippen molar-refractivity contribution in [2.45, 2.75) is 0 Å². The van der Waals surface area contributed by atoms with Gasteiger partial charge in [-0.25, -0.2) is 0 Å². The van der Waals surface area contributed by atoms with E-state index in [0.29, 0.717) is 0 Å². The number of hydrogen-bond donors (Lipinski definition) is 0. The second-order valence-corrected chi connectivity index (χ2v) is 15.5. The minimum atomic E-state index is 1.10. The van der Waals surface area contributed by atoms with E-state index in [1.165, 1.54) is 69.8 Å². The number of thiophene rings is 1. The van der Waals surface area contributed by atoms with Crippen molar-refractivity contribution in [3.8, 4) is 39.1 Å². The van der Waals surface area contributed by atoms with E-state index < -0.39 is 0 Å². The van der Waals surface area contributed by atoms with E-state index in [9.17, 15) is 0 Å². The van der Waals surface area contributed by atoms with Gasteiger partial charge in [-0.1, -0.05) is 164 Å². The largest absolute Gasteiger partial charge is 0.309 e. The van der Waals surface area contributed by atoms with E-state index in [-0.39, 0.29) is 0 Å². The molecule has 0 atom stereocenters. The van der Waals surface area contributed by atoms with Gasteiger partial charge in [0, 0.05) is 53.3 Å². The zero-order chi connectivity index (χ0) is 37.7. The molecule has 3 heteroatoms. The van der Waals surface area contributed by atoms with E-state index in [4.69, 9.17) is 0 Å². The summed E-state index contributed by atoms with van der Waals surface area (Å²) in [5.41, 5.74) is 13.9. The maximum atomic E-state index is 2.51. The summed E-state index contributed by atoms with van der Waals surface area (Å²) in [6.45, 7) is 0. The van der Waals surface area contributed by atoms with Crippen LogP contribution < -0.4 is 4.90 Å². The molecule has 0 unspecified atom stereocenters. The summed E-state index contributed by atoms with van der Waals surface area (Å²) in [4.78, 5) is 2.51. The summed E-state index contributed by atoms with van der Waals surface area (Å²) in [7, 11) is 0. The Bertz CT molecular complexity index is 3230. The van der Waals surface area contributed by atoms with Gasteiger partial charge in [-0.2, -0.15) is 0 Å². The number of nitrogens with zero attached hydrogens (tertiary/aromatic N) is 2. The maximum Gasteiger partial charge on any atom is 0.0618 e. The zero-order valence-corrected chi connectivity index (χ0v) is 31.9. The van der Waals surface area contributed by atoms with E-state index in [0.717, 1.165) is 28.3 Å². The van der Waals surface area contributed by atoms with Crippen LogP contribution in [0.2, 0.25) is 0 Å². The molecule has 0 aliphatic rings. The first kappa shape index (κ1) is 33.2. The fourth-order valence-electron chi connectivity index (χ4n) is 8.70. The number of rotatable bonds is 7. The second kappa shape index (κ2) is 13.8. The Morgan fingerprint density at radius 3 is 1.72 bits per heavy atom. The van der Waals surface area contributed by atoms with Crippen LogP contribution in [0.1, 0.15) is 0 Å². The first-order chi connectivity index (χ1) is 28.3. The fraction of sp³-hybridized carbons (Fsp3) is 0. The van der Waals surface area contributed by atoms with Gasteiger partial charge in [0.05, 0.1) is 28.1 Å². The molecule has 0 radical (unpaired) electrons. The average Bonchev–Trinajstić information content (AvgIpc) is 3.83. The molecule has 2 aromatic heterocycles. The molecule has 0 spiro atoms. The molecule has 57 heavy (non-hydrogen) atoms. The van der Waals surface area contributed by atoms with Crippen molar-refractivity contribution >= 4 is 70.4 Å². The molecule has 0 N–H and O–H groups in total. The molecule has 11 aromatic rings. The zero-order valence-electron chi connectivity index (χ0n) is 31.1. The molecule has 9 aromatic carbocycles. The lowest BCUT2D eigenvalue weighted by Crippen LogP contribution is -2.13. The standard InChI is InChI=1S/C54H36N2S/c1-4-18-37(19-5-1)41-24-10-13-29-47(41)56-48-30-14-11-26-45(48)53-49(31-17-32-50(53)56)55(40-22-8-3-9-23-40)54-42(38-20-6-2-7-21-38)27-16-28-43(54)39-34-35-52-46(36-39)44-25-12-15-33-51(44)57-52/h1-36H. The Balaban J connectivity index is 1.24. The van der Waals surface area contributed by atoms with Gasteiger partial charge < -0.3 is 9.47 Å². The van der Waals surface area contributed by atoms with Crippen LogP contribution in [0.3, 0.4) is 0 Å². The lowest BCUT2D eigenvalue weighted by molar-refractivity contribution is 1.18. The number of anilines is 3. The monoisotopic (exact) mass is 744 g/mol. The molecule has 268 valence electrons. The Hall–Kier alpha value is -7.20.